The minimum Gasteiger partial charge on any atom is -0.497 e. The van der Waals surface area contributed by atoms with Gasteiger partial charge in [0.25, 0.3) is 0 Å². The van der Waals surface area contributed by atoms with Crippen LogP contribution in [-0.4, -0.2) is 75.0 Å². The summed E-state index contributed by atoms with van der Waals surface area (Å²) in [7, 11) is 4.78. The molecule has 3 aromatic carbocycles. The number of fused-ring (bicyclic) bond motifs is 1. The molecule has 11 nitrogen and oxygen atoms in total. The van der Waals surface area contributed by atoms with Crippen LogP contribution >= 0.6 is 0 Å². The molecule has 6 rings (SSSR count). The van der Waals surface area contributed by atoms with Gasteiger partial charge in [0, 0.05) is 20.5 Å². The monoisotopic (exact) mass is 720 g/mol. The maximum atomic E-state index is 10.4. The lowest BCUT2D eigenvalue weighted by Crippen LogP contribution is -2.45. The second-order valence-electron chi connectivity index (χ2n) is 14.8. The van der Waals surface area contributed by atoms with Crippen LogP contribution in [0.1, 0.15) is 55.9 Å². The summed E-state index contributed by atoms with van der Waals surface area (Å²) < 4.78 is 34.1. The summed E-state index contributed by atoms with van der Waals surface area (Å²) in [6.07, 6.45) is 0.543. The molecule has 1 aliphatic heterocycles. The van der Waals surface area contributed by atoms with Crippen LogP contribution in [0.5, 0.6) is 11.5 Å². The summed E-state index contributed by atoms with van der Waals surface area (Å²) in [5.74, 6) is 2.29. The quantitative estimate of drug-likeness (QED) is 0.0950. The first-order valence-electron chi connectivity index (χ1n) is 17.4. The van der Waals surface area contributed by atoms with Gasteiger partial charge in [0.1, 0.15) is 29.5 Å². The lowest BCUT2D eigenvalue weighted by molar-refractivity contribution is -0.0843. The largest absolute Gasteiger partial charge is 0.497 e. The van der Waals surface area contributed by atoms with Gasteiger partial charge < -0.3 is 28.3 Å². The summed E-state index contributed by atoms with van der Waals surface area (Å²) in [5.41, 5.74) is 2.82. The van der Waals surface area contributed by atoms with Crippen molar-refractivity contribution in [2.24, 2.45) is 0 Å². The van der Waals surface area contributed by atoms with Crippen molar-refractivity contribution in [1.29, 1.82) is 5.26 Å². The zero-order valence-corrected chi connectivity index (χ0v) is 32.5. The highest BCUT2D eigenvalue weighted by Crippen LogP contribution is 2.45. The molecule has 0 radical (unpaired) electrons. The van der Waals surface area contributed by atoms with Gasteiger partial charge in [-0.15, -0.1) is 0 Å². The number of imidazole rings is 1. The number of hydrogen-bond acceptors (Lipinski definition) is 10. The van der Waals surface area contributed by atoms with Crippen LogP contribution < -0.4 is 14.4 Å². The SMILES string of the molecule is COc1ccc(C(OC[C@H]2C[C@@H](O[Si](C)(C)C(C)(C)C)[C@H](n3c(C#N)nc4c(N(C)C)ncnc43)O2)(c2ccccc2)c2ccc(OC)cc2)cc1. The third-order valence-corrected chi connectivity index (χ3v) is 14.8. The standard InChI is InChI=1S/C40H48N6O5Si/c1-39(2,3)52(8,9)51-33-23-32(50-38(33)46-34(24-41)44-35-36(45(4)5)42-26-43-37(35)46)25-49-40(27-13-11-10-12-14-27,28-15-19-30(47-6)20-16-28)29-17-21-31(48-7)22-18-29/h10-22,26,32-33,38H,23,25H2,1-9H3/t32-,33-,38-/m1/s1. The number of nitriles is 1. The molecular weight excluding hydrogens is 673 g/mol. The Morgan fingerprint density at radius 1 is 0.885 bits per heavy atom. The molecule has 1 aliphatic rings. The molecule has 12 heteroatoms. The third-order valence-electron chi connectivity index (χ3n) is 10.3. The van der Waals surface area contributed by atoms with Gasteiger partial charge in [-0.25, -0.2) is 15.0 Å². The Balaban J connectivity index is 1.44. The van der Waals surface area contributed by atoms with Gasteiger partial charge in [0.2, 0.25) is 5.82 Å². The van der Waals surface area contributed by atoms with Crippen molar-refractivity contribution in [1.82, 2.24) is 19.5 Å². The van der Waals surface area contributed by atoms with Crippen LogP contribution in [0.25, 0.3) is 11.2 Å². The lowest BCUT2D eigenvalue weighted by atomic mass is 9.80. The predicted octanol–water partition coefficient (Wildman–Crippen LogP) is 7.47. The van der Waals surface area contributed by atoms with Crippen LogP contribution in [0.15, 0.2) is 85.2 Å². The number of aromatic nitrogens is 4. The van der Waals surface area contributed by atoms with Crippen molar-refractivity contribution < 1.29 is 23.4 Å². The predicted molar refractivity (Wildman–Crippen MR) is 203 cm³/mol. The van der Waals surface area contributed by atoms with Crippen LogP contribution in [0, 0.1) is 11.3 Å². The minimum absolute atomic E-state index is 0.0628. The van der Waals surface area contributed by atoms with E-state index in [9.17, 15) is 5.26 Å². The molecule has 0 bridgehead atoms. The van der Waals surface area contributed by atoms with E-state index in [1.54, 1.807) is 18.8 Å². The molecular formula is C40H48N6O5Si. The second-order valence-corrected chi connectivity index (χ2v) is 19.6. The Kier molecular flexibility index (Phi) is 10.4. The Morgan fingerprint density at radius 2 is 1.46 bits per heavy atom. The first-order chi connectivity index (χ1) is 24.8. The van der Waals surface area contributed by atoms with E-state index >= 15 is 0 Å². The molecule has 5 aromatic rings. The molecule has 52 heavy (non-hydrogen) atoms. The molecule has 0 N–H and O–H groups in total. The van der Waals surface area contributed by atoms with Gasteiger partial charge >= 0.3 is 0 Å². The average molecular weight is 721 g/mol. The van der Waals surface area contributed by atoms with Crippen LogP contribution in [0.4, 0.5) is 5.82 Å². The molecule has 3 atom stereocenters. The van der Waals surface area contributed by atoms with Crippen molar-refractivity contribution in [3.63, 3.8) is 0 Å². The van der Waals surface area contributed by atoms with E-state index < -0.39 is 32.4 Å². The minimum atomic E-state index is -2.32. The molecule has 0 spiro atoms. The molecule has 272 valence electrons. The van der Waals surface area contributed by atoms with Crippen LogP contribution in [0.2, 0.25) is 18.1 Å². The fourth-order valence-electron chi connectivity index (χ4n) is 6.55. The van der Waals surface area contributed by atoms with E-state index in [-0.39, 0.29) is 17.5 Å². The lowest BCUT2D eigenvalue weighted by Gasteiger charge is -2.39. The Hall–Kier alpha value is -4.80. The first-order valence-corrected chi connectivity index (χ1v) is 20.4. The summed E-state index contributed by atoms with van der Waals surface area (Å²) in [4.78, 5) is 15.6. The number of anilines is 1. The van der Waals surface area contributed by atoms with Gasteiger partial charge in [0.05, 0.1) is 33.0 Å². The van der Waals surface area contributed by atoms with Crippen LogP contribution in [0.3, 0.4) is 0 Å². The van der Waals surface area contributed by atoms with Crippen molar-refractivity contribution in [3.05, 3.63) is 108 Å². The Bertz CT molecular complexity index is 1970. The highest BCUT2D eigenvalue weighted by atomic mass is 28.4. The van der Waals surface area contributed by atoms with Gasteiger partial charge in [0.15, 0.2) is 31.5 Å². The van der Waals surface area contributed by atoms with E-state index in [1.165, 1.54) is 6.33 Å². The maximum absolute atomic E-state index is 10.4. The molecule has 1 fully saturated rings. The Morgan fingerprint density at radius 3 is 1.98 bits per heavy atom. The van der Waals surface area contributed by atoms with E-state index in [2.05, 4.69) is 62.0 Å². The number of ether oxygens (including phenoxy) is 4. The van der Waals surface area contributed by atoms with Crippen molar-refractivity contribution in [3.8, 4) is 17.6 Å². The highest BCUT2D eigenvalue weighted by Gasteiger charge is 2.48. The van der Waals surface area contributed by atoms with E-state index in [1.807, 2.05) is 85.7 Å². The number of hydrogen-bond donors (Lipinski definition) is 0. The molecule has 0 unspecified atom stereocenters. The summed E-state index contributed by atoms with van der Waals surface area (Å²) in [6.45, 7) is 11.3. The molecule has 3 heterocycles. The topological polar surface area (TPSA) is 117 Å². The first kappa shape index (κ1) is 37.0. The zero-order valence-electron chi connectivity index (χ0n) is 31.5. The van der Waals surface area contributed by atoms with Crippen LogP contribution in [-0.2, 0) is 19.5 Å². The highest BCUT2D eigenvalue weighted by molar-refractivity contribution is 6.74. The number of nitrogens with zero attached hydrogens (tertiary/aromatic N) is 6. The molecule has 0 amide bonds. The molecule has 1 saturated heterocycles. The maximum Gasteiger partial charge on any atom is 0.217 e. The number of benzene rings is 3. The smallest absolute Gasteiger partial charge is 0.217 e. The van der Waals surface area contributed by atoms with Crippen molar-refractivity contribution in [2.75, 3.05) is 39.8 Å². The number of methoxy groups -OCH3 is 2. The fraction of sp³-hybridized carbons (Fsp3) is 0.400. The van der Waals surface area contributed by atoms with Gasteiger partial charge in [-0.1, -0.05) is 75.4 Å². The fourth-order valence-corrected chi connectivity index (χ4v) is 7.87. The normalized spacial score (nSPS) is 18.0. The van der Waals surface area contributed by atoms with Gasteiger partial charge in [-0.2, -0.15) is 5.26 Å². The zero-order chi connectivity index (χ0) is 37.3. The summed E-state index contributed by atoms with van der Waals surface area (Å²) >= 11 is 0. The summed E-state index contributed by atoms with van der Waals surface area (Å²) in [5, 5.41) is 10.3. The Labute approximate surface area is 307 Å². The van der Waals surface area contributed by atoms with Gasteiger partial charge in [-0.3, -0.25) is 4.57 Å². The summed E-state index contributed by atoms with van der Waals surface area (Å²) in [6, 6.07) is 28.4. The second kappa shape index (κ2) is 14.7. The van der Waals surface area contributed by atoms with Gasteiger partial charge in [-0.05, 0) is 59.1 Å². The molecule has 2 aromatic heterocycles. The van der Waals surface area contributed by atoms with E-state index in [0.717, 1.165) is 28.2 Å². The van der Waals surface area contributed by atoms with E-state index in [4.69, 9.17) is 28.4 Å². The average Bonchev–Trinajstić information content (AvgIpc) is 3.72. The molecule has 0 aliphatic carbocycles. The molecule has 0 saturated carbocycles. The van der Waals surface area contributed by atoms with Crippen molar-refractivity contribution >= 4 is 25.3 Å². The van der Waals surface area contributed by atoms with Crippen molar-refractivity contribution in [2.45, 2.75) is 69.4 Å². The van der Waals surface area contributed by atoms with E-state index in [0.29, 0.717) is 23.4 Å². The number of rotatable bonds is 12. The third kappa shape index (κ3) is 6.89.